The third kappa shape index (κ3) is 50.1. The Balaban J connectivity index is 1.30. The van der Waals surface area contributed by atoms with Crippen LogP contribution in [-0.2, 0) is 33.2 Å². The van der Waals surface area contributed by atoms with E-state index in [0.29, 0.717) is 6.42 Å². The number of rotatable bonds is 75. The maximum absolute atomic E-state index is 13.5. The van der Waals surface area contributed by atoms with Gasteiger partial charge in [0.1, 0.15) is 73.2 Å². The second-order valence-corrected chi connectivity index (χ2v) is 32.7. The molecule has 3 saturated heterocycles. The minimum absolute atomic E-state index is 0.247. The fourth-order valence-electron chi connectivity index (χ4n) is 15.5. The Labute approximate surface area is 675 Å². The maximum atomic E-state index is 13.5. The first-order valence-electron chi connectivity index (χ1n) is 46.0. The van der Waals surface area contributed by atoms with Crippen LogP contribution in [0.5, 0.6) is 0 Å². The van der Waals surface area contributed by atoms with Gasteiger partial charge in [0.05, 0.1) is 38.6 Å². The van der Waals surface area contributed by atoms with Crippen molar-refractivity contribution in [3.05, 3.63) is 60.8 Å². The Bertz CT molecular complexity index is 2230. The van der Waals surface area contributed by atoms with Gasteiger partial charge >= 0.3 is 0 Å². The van der Waals surface area contributed by atoms with Gasteiger partial charge in [-0.3, -0.25) is 4.79 Å². The fourth-order valence-corrected chi connectivity index (χ4v) is 15.5. The summed E-state index contributed by atoms with van der Waals surface area (Å²) in [5.41, 5.74) is 0. The Morgan fingerprint density at radius 1 is 0.333 bits per heavy atom. The number of unbranched alkanes of at least 4 members (excludes halogenated alkanes) is 51. The quantitative estimate of drug-likeness (QED) is 0.0199. The lowest BCUT2D eigenvalue weighted by molar-refractivity contribution is -0.379. The Kier molecular flexibility index (Phi) is 66.2. The lowest BCUT2D eigenvalue weighted by Crippen LogP contribution is -2.66. The lowest BCUT2D eigenvalue weighted by atomic mass is 9.96. The highest BCUT2D eigenvalue weighted by atomic mass is 16.8. The predicted octanol–water partition coefficient (Wildman–Crippen LogP) is 17.7. The van der Waals surface area contributed by atoms with Gasteiger partial charge in [-0.15, -0.1) is 0 Å². The summed E-state index contributed by atoms with van der Waals surface area (Å²) < 4.78 is 34.5. The van der Waals surface area contributed by atoms with Crippen molar-refractivity contribution in [3.8, 4) is 0 Å². The average Bonchev–Trinajstić information content (AvgIpc) is 0.780. The van der Waals surface area contributed by atoms with Crippen molar-refractivity contribution in [1.29, 1.82) is 0 Å². The molecule has 0 aliphatic carbocycles. The average molecular weight is 1580 g/mol. The smallest absolute Gasteiger partial charge is 0.220 e. The molecule has 17 atom stereocenters. The van der Waals surface area contributed by atoms with E-state index in [-0.39, 0.29) is 18.9 Å². The topological polar surface area (TPSA) is 307 Å². The second-order valence-electron chi connectivity index (χ2n) is 32.7. The van der Waals surface area contributed by atoms with E-state index in [9.17, 15) is 61.0 Å². The molecule has 111 heavy (non-hydrogen) atoms. The van der Waals surface area contributed by atoms with Crippen molar-refractivity contribution in [1.82, 2.24) is 5.32 Å². The van der Waals surface area contributed by atoms with Crippen LogP contribution in [0.1, 0.15) is 386 Å². The van der Waals surface area contributed by atoms with Gasteiger partial charge < -0.3 is 89.9 Å². The van der Waals surface area contributed by atoms with Crippen molar-refractivity contribution in [2.24, 2.45) is 0 Å². The molecule has 0 radical (unpaired) electrons. The molecule has 12 N–H and O–H groups in total. The van der Waals surface area contributed by atoms with Gasteiger partial charge in [-0.25, -0.2) is 0 Å². The van der Waals surface area contributed by atoms with E-state index >= 15 is 0 Å². The molecule has 3 rings (SSSR count). The number of allylic oxidation sites excluding steroid dienone is 9. The van der Waals surface area contributed by atoms with Gasteiger partial charge in [-0.05, 0) is 57.8 Å². The van der Waals surface area contributed by atoms with Crippen LogP contribution in [0.2, 0.25) is 0 Å². The number of ether oxygens (including phenoxy) is 6. The molecule has 0 saturated carbocycles. The van der Waals surface area contributed by atoms with Crippen LogP contribution in [-0.4, -0.2) is 193 Å². The number of amides is 1. The molecule has 3 aliphatic heterocycles. The van der Waals surface area contributed by atoms with Crippen LogP contribution in [0.4, 0.5) is 0 Å². The highest BCUT2D eigenvalue weighted by Crippen LogP contribution is 2.34. The molecule has 0 aromatic heterocycles. The first-order valence-corrected chi connectivity index (χ1v) is 46.0. The molecule has 3 heterocycles. The van der Waals surface area contributed by atoms with Crippen LogP contribution in [0.25, 0.3) is 0 Å². The van der Waals surface area contributed by atoms with Crippen LogP contribution >= 0.6 is 0 Å². The van der Waals surface area contributed by atoms with E-state index in [4.69, 9.17) is 28.4 Å². The number of carbonyl (C=O) groups excluding carboxylic acids is 1. The third-order valence-electron chi connectivity index (χ3n) is 22.8. The predicted molar refractivity (Wildman–Crippen MR) is 448 cm³/mol. The molecule has 0 spiro atoms. The van der Waals surface area contributed by atoms with E-state index in [2.05, 4.69) is 67.8 Å². The van der Waals surface area contributed by atoms with Crippen molar-refractivity contribution < 1.29 is 89.4 Å². The van der Waals surface area contributed by atoms with Gasteiger partial charge in [-0.2, -0.15) is 0 Å². The molecule has 17 unspecified atom stereocenters. The van der Waals surface area contributed by atoms with Crippen molar-refractivity contribution in [2.75, 3.05) is 26.4 Å². The molecule has 0 bridgehead atoms. The normalized spacial score (nSPS) is 25.3. The molecular weight excluding hydrogens is 1410 g/mol. The van der Waals surface area contributed by atoms with Gasteiger partial charge in [-0.1, -0.05) is 383 Å². The van der Waals surface area contributed by atoms with E-state index < -0.39 is 124 Å². The van der Waals surface area contributed by atoms with Gasteiger partial charge in [0.15, 0.2) is 18.9 Å². The SMILES string of the molecule is CC/C=C\C/C=C\C/C=C\C/C=C\CCCCCCCCCCCCCCCCCCCCCCCCCCCCC(=O)NC(COC1OC(CO)C(OC2OC(CO)C(OC3OC(CO)C(O)C(O)C3O)C(O)C2O)C(O)C1O)C(O)/C=C/CCCCCCCCCCCCCCCCCCCCCCCCCCC. The molecule has 19 nitrogen and oxygen atoms in total. The summed E-state index contributed by atoms with van der Waals surface area (Å²) in [6.45, 7) is 1.69. The van der Waals surface area contributed by atoms with Crippen LogP contribution in [0.3, 0.4) is 0 Å². The van der Waals surface area contributed by atoms with Gasteiger partial charge in [0.2, 0.25) is 5.91 Å². The minimum Gasteiger partial charge on any atom is -0.394 e. The number of nitrogens with one attached hydrogen (secondary N) is 1. The van der Waals surface area contributed by atoms with Crippen molar-refractivity contribution in [3.63, 3.8) is 0 Å². The zero-order valence-electron chi connectivity index (χ0n) is 70.2. The number of aliphatic hydroxyl groups excluding tert-OH is 11. The summed E-state index contributed by atoms with van der Waals surface area (Å²) in [7, 11) is 0. The summed E-state index contributed by atoms with van der Waals surface area (Å²) in [6.07, 6.45) is 68.1. The zero-order valence-corrected chi connectivity index (χ0v) is 70.2. The lowest BCUT2D eigenvalue weighted by Gasteiger charge is -2.48. The molecule has 0 aromatic rings. The summed E-state index contributed by atoms with van der Waals surface area (Å²) >= 11 is 0. The second kappa shape index (κ2) is 71.6. The van der Waals surface area contributed by atoms with Crippen molar-refractivity contribution in [2.45, 2.75) is 491 Å². The molecular formula is C92H169NO18. The van der Waals surface area contributed by atoms with E-state index in [1.165, 1.54) is 289 Å². The highest BCUT2D eigenvalue weighted by molar-refractivity contribution is 5.76. The fraction of sp³-hybridized carbons (Fsp3) is 0.880. The summed E-state index contributed by atoms with van der Waals surface area (Å²) in [4.78, 5) is 13.5. The first-order chi connectivity index (χ1) is 54.3. The summed E-state index contributed by atoms with van der Waals surface area (Å²) in [5.74, 6) is -0.267. The standard InChI is InChI=1S/C92H169NO18/c1-3-5-7-9-11-13-15-17-19-21-23-25-27-29-31-32-33-34-35-36-37-38-39-40-41-42-44-46-48-50-52-54-56-58-60-62-64-66-68-70-80(98)93-75(76(97)69-67-65-63-61-59-57-55-53-51-49-47-45-43-30-28-26-24-22-20-18-16-14-12-10-8-6-4-2)74-106-90-86(104)83(101)88(78(72-95)108-90)111-92-87(105)84(102)89(79(73-96)109-92)110-91-85(103)82(100)81(99)77(71-94)107-91/h5,7,11,13,17,19,23,25,67,69,75-79,81-92,94-97,99-105H,3-4,6,8-10,12,14-16,18,20-22,24,26-66,68,70-74H2,1-2H3,(H,93,98)/b7-5-,13-11-,19-17-,25-23-,69-67+. The first kappa shape index (κ1) is 103. The monoisotopic (exact) mass is 1580 g/mol. The molecule has 3 aliphatic rings. The highest BCUT2D eigenvalue weighted by Gasteiger charge is 2.54. The van der Waals surface area contributed by atoms with Gasteiger partial charge in [0, 0.05) is 6.42 Å². The molecule has 19 heteroatoms. The molecule has 3 fully saturated rings. The van der Waals surface area contributed by atoms with E-state index in [1.54, 1.807) is 6.08 Å². The largest absolute Gasteiger partial charge is 0.394 e. The maximum Gasteiger partial charge on any atom is 0.220 e. The van der Waals surface area contributed by atoms with E-state index in [0.717, 1.165) is 70.6 Å². The zero-order chi connectivity index (χ0) is 80.3. The Morgan fingerprint density at radius 3 is 0.973 bits per heavy atom. The summed E-state index contributed by atoms with van der Waals surface area (Å²) in [6, 6.07) is -0.974. The number of aliphatic hydroxyl groups is 11. The molecule has 0 aromatic carbocycles. The summed E-state index contributed by atoms with van der Waals surface area (Å²) in [5, 5.41) is 121. The number of carbonyl (C=O) groups is 1. The van der Waals surface area contributed by atoms with Crippen molar-refractivity contribution >= 4 is 5.91 Å². The minimum atomic E-state index is -1.98. The van der Waals surface area contributed by atoms with Crippen LogP contribution < -0.4 is 5.32 Å². The van der Waals surface area contributed by atoms with E-state index in [1.807, 2.05) is 6.08 Å². The Hall–Kier alpha value is -2.51. The van der Waals surface area contributed by atoms with Crippen LogP contribution in [0.15, 0.2) is 60.8 Å². The number of hydrogen-bond donors (Lipinski definition) is 12. The third-order valence-corrected chi connectivity index (χ3v) is 22.8. The molecule has 650 valence electrons. The van der Waals surface area contributed by atoms with Gasteiger partial charge in [0.25, 0.3) is 0 Å². The van der Waals surface area contributed by atoms with Crippen LogP contribution in [0, 0.1) is 0 Å². The Morgan fingerprint density at radius 2 is 0.622 bits per heavy atom. The molecule has 1 amide bonds. The number of hydrogen-bond acceptors (Lipinski definition) is 18.